The lowest BCUT2D eigenvalue weighted by atomic mass is 9.94. The van der Waals surface area contributed by atoms with Crippen LogP contribution < -0.4 is 4.72 Å². The minimum Gasteiger partial charge on any atom is -0.381 e. The first-order valence-corrected chi connectivity index (χ1v) is 6.04. The lowest BCUT2D eigenvalue weighted by Crippen LogP contribution is -2.47. The fraction of sp³-hybridized carbons (Fsp3) is 1.00. The maximum atomic E-state index is 10.7. The average molecular weight is 214 g/mol. The summed E-state index contributed by atoms with van der Waals surface area (Å²) in [5.74, 6) is 0. The van der Waals surface area contributed by atoms with Crippen LogP contribution in [0.2, 0.25) is 0 Å². The number of hydrogen-bond acceptors (Lipinski definition) is 3. The van der Waals surface area contributed by atoms with Gasteiger partial charge in [0.25, 0.3) is 9.24 Å². The molecule has 0 amide bonds. The molecule has 1 N–H and O–H groups in total. The van der Waals surface area contributed by atoms with Crippen molar-refractivity contribution in [3.05, 3.63) is 0 Å². The Kier molecular flexibility index (Phi) is 2.98. The fourth-order valence-electron chi connectivity index (χ4n) is 1.22. The van der Waals surface area contributed by atoms with Gasteiger partial charge in [0.1, 0.15) is 0 Å². The molecule has 1 heterocycles. The number of rotatable bonds is 2. The average Bonchev–Trinajstić information content (AvgIpc) is 1.83. The van der Waals surface area contributed by atoms with E-state index in [0.717, 1.165) is 0 Å². The summed E-state index contributed by atoms with van der Waals surface area (Å²) < 4.78 is 28.9. The maximum Gasteiger partial charge on any atom is 0.297 e. The second-order valence-corrected chi connectivity index (χ2v) is 5.51. The molecule has 1 rings (SSSR count). The molecule has 0 spiro atoms. The van der Waals surface area contributed by atoms with Gasteiger partial charge < -0.3 is 4.74 Å². The van der Waals surface area contributed by atoms with Crippen LogP contribution in [-0.2, 0) is 14.0 Å². The van der Waals surface area contributed by atoms with Crippen LogP contribution in [0.15, 0.2) is 0 Å². The second kappa shape index (κ2) is 3.49. The number of nitrogens with one attached hydrogen (secondary N) is 1. The van der Waals surface area contributed by atoms with Crippen molar-refractivity contribution >= 4 is 19.9 Å². The quantitative estimate of drug-likeness (QED) is 0.685. The van der Waals surface area contributed by atoms with Gasteiger partial charge in [0.15, 0.2) is 0 Å². The summed E-state index contributed by atoms with van der Waals surface area (Å²) in [6.45, 7) is 2.99. The van der Waals surface area contributed by atoms with Crippen LogP contribution >= 0.6 is 10.7 Å². The number of ether oxygens (including phenoxy) is 1. The van der Waals surface area contributed by atoms with Crippen LogP contribution in [-0.4, -0.2) is 27.2 Å². The van der Waals surface area contributed by atoms with E-state index in [1.807, 2.05) is 6.92 Å². The molecule has 0 aromatic heterocycles. The SMILES string of the molecule is CC1(NS(=O)(=O)Cl)CCOCC1. The van der Waals surface area contributed by atoms with Crippen LogP contribution in [0.4, 0.5) is 0 Å². The van der Waals surface area contributed by atoms with Crippen molar-refractivity contribution in [2.75, 3.05) is 13.2 Å². The highest BCUT2D eigenvalue weighted by atomic mass is 35.7. The molecule has 0 aromatic carbocycles. The summed E-state index contributed by atoms with van der Waals surface area (Å²) in [7, 11) is 1.46. The molecule has 0 radical (unpaired) electrons. The Labute approximate surface area is 76.8 Å². The predicted octanol–water partition coefficient (Wildman–Crippen LogP) is 0.629. The monoisotopic (exact) mass is 213 g/mol. The summed E-state index contributed by atoms with van der Waals surface area (Å²) in [4.78, 5) is 0. The Morgan fingerprint density at radius 2 is 1.92 bits per heavy atom. The number of hydrogen-bond donors (Lipinski definition) is 1. The Hall–Kier alpha value is 0.160. The van der Waals surface area contributed by atoms with Gasteiger partial charge >= 0.3 is 0 Å². The van der Waals surface area contributed by atoms with E-state index in [0.29, 0.717) is 26.1 Å². The van der Waals surface area contributed by atoms with E-state index in [1.54, 1.807) is 0 Å². The van der Waals surface area contributed by atoms with E-state index in [1.165, 1.54) is 0 Å². The Morgan fingerprint density at radius 3 is 2.33 bits per heavy atom. The first kappa shape index (κ1) is 10.2. The third kappa shape index (κ3) is 3.26. The van der Waals surface area contributed by atoms with Crippen LogP contribution in [0.5, 0.6) is 0 Å². The topological polar surface area (TPSA) is 55.4 Å². The maximum absolute atomic E-state index is 10.7. The lowest BCUT2D eigenvalue weighted by molar-refractivity contribution is 0.0540. The minimum atomic E-state index is -3.62. The van der Waals surface area contributed by atoms with E-state index in [-0.39, 0.29) is 0 Å². The van der Waals surface area contributed by atoms with Crippen molar-refractivity contribution in [3.8, 4) is 0 Å². The molecule has 0 unspecified atom stereocenters. The van der Waals surface area contributed by atoms with Crippen LogP contribution in [0.3, 0.4) is 0 Å². The van der Waals surface area contributed by atoms with Gasteiger partial charge in [0.05, 0.1) is 0 Å². The molecule has 1 fully saturated rings. The molecule has 0 atom stereocenters. The molecule has 6 heteroatoms. The van der Waals surface area contributed by atoms with Gasteiger partial charge in [0, 0.05) is 29.4 Å². The minimum absolute atomic E-state index is 0.432. The Bertz CT molecular complexity index is 246. The summed E-state index contributed by atoms with van der Waals surface area (Å²) in [5.41, 5.74) is -0.432. The molecule has 0 bridgehead atoms. The molecule has 4 nitrogen and oxygen atoms in total. The molecule has 0 saturated carbocycles. The molecule has 1 aliphatic heterocycles. The van der Waals surface area contributed by atoms with Crippen LogP contribution in [0.1, 0.15) is 19.8 Å². The third-order valence-electron chi connectivity index (χ3n) is 1.96. The molecular weight excluding hydrogens is 202 g/mol. The zero-order valence-corrected chi connectivity index (χ0v) is 8.41. The standard InChI is InChI=1S/C6H12ClNO3S/c1-6(8-12(7,9)10)2-4-11-5-3-6/h8H,2-5H2,1H3. The first-order valence-electron chi connectivity index (χ1n) is 3.73. The van der Waals surface area contributed by atoms with Crippen LogP contribution in [0.25, 0.3) is 0 Å². The Morgan fingerprint density at radius 1 is 1.42 bits per heavy atom. The summed E-state index contributed by atoms with van der Waals surface area (Å²) in [6.07, 6.45) is 1.33. The summed E-state index contributed by atoms with van der Waals surface area (Å²) in [5, 5.41) is 0. The van der Waals surface area contributed by atoms with Crippen molar-refractivity contribution in [2.24, 2.45) is 0 Å². The normalized spacial score (nSPS) is 23.8. The largest absolute Gasteiger partial charge is 0.381 e. The van der Waals surface area contributed by atoms with Gasteiger partial charge in [-0.3, -0.25) is 0 Å². The molecule has 1 saturated heterocycles. The van der Waals surface area contributed by atoms with E-state index in [4.69, 9.17) is 15.4 Å². The second-order valence-electron chi connectivity index (χ2n) is 3.21. The zero-order chi connectivity index (χ0) is 9.24. The highest BCUT2D eigenvalue weighted by Crippen LogP contribution is 2.21. The zero-order valence-electron chi connectivity index (χ0n) is 6.84. The fourth-order valence-corrected chi connectivity index (χ4v) is 2.57. The van der Waals surface area contributed by atoms with E-state index in [9.17, 15) is 8.42 Å². The van der Waals surface area contributed by atoms with Crippen molar-refractivity contribution in [1.82, 2.24) is 4.72 Å². The smallest absolute Gasteiger partial charge is 0.297 e. The van der Waals surface area contributed by atoms with Gasteiger partial charge in [-0.05, 0) is 19.8 Å². The van der Waals surface area contributed by atoms with Crippen LogP contribution in [0, 0.1) is 0 Å². The molecule has 0 aromatic rings. The molecule has 72 valence electrons. The predicted molar refractivity (Wildman–Crippen MR) is 46.4 cm³/mol. The van der Waals surface area contributed by atoms with Crippen molar-refractivity contribution in [1.29, 1.82) is 0 Å². The van der Waals surface area contributed by atoms with Gasteiger partial charge in [-0.15, -0.1) is 0 Å². The molecular formula is C6H12ClNO3S. The van der Waals surface area contributed by atoms with Gasteiger partial charge in [-0.1, -0.05) is 0 Å². The summed E-state index contributed by atoms with van der Waals surface area (Å²) >= 11 is 0. The highest BCUT2D eigenvalue weighted by molar-refractivity contribution is 8.12. The third-order valence-corrected chi connectivity index (χ3v) is 2.93. The molecule has 0 aliphatic carbocycles. The van der Waals surface area contributed by atoms with E-state index in [2.05, 4.69) is 4.72 Å². The van der Waals surface area contributed by atoms with Gasteiger partial charge in [0.2, 0.25) is 0 Å². The lowest BCUT2D eigenvalue weighted by Gasteiger charge is -2.32. The van der Waals surface area contributed by atoms with Gasteiger partial charge in [-0.25, -0.2) is 0 Å². The van der Waals surface area contributed by atoms with E-state index < -0.39 is 14.8 Å². The summed E-state index contributed by atoms with van der Waals surface area (Å²) in [6, 6.07) is 0. The van der Waals surface area contributed by atoms with Crippen molar-refractivity contribution in [3.63, 3.8) is 0 Å². The Balaban J connectivity index is 2.59. The number of halogens is 1. The van der Waals surface area contributed by atoms with E-state index >= 15 is 0 Å². The van der Waals surface area contributed by atoms with Crippen molar-refractivity contribution in [2.45, 2.75) is 25.3 Å². The molecule has 1 aliphatic rings. The first-order chi connectivity index (χ1) is 5.41. The van der Waals surface area contributed by atoms with Gasteiger partial charge in [-0.2, -0.15) is 13.1 Å². The highest BCUT2D eigenvalue weighted by Gasteiger charge is 2.30. The van der Waals surface area contributed by atoms with Crippen molar-refractivity contribution < 1.29 is 13.2 Å². The molecule has 12 heavy (non-hydrogen) atoms.